The maximum absolute atomic E-state index is 11.7. The van der Waals surface area contributed by atoms with Crippen molar-refractivity contribution in [3.8, 4) is 6.07 Å². The number of benzene rings is 1. The highest BCUT2D eigenvalue weighted by Crippen LogP contribution is 2.24. The Morgan fingerprint density at radius 2 is 2.00 bits per heavy atom. The lowest BCUT2D eigenvalue weighted by Gasteiger charge is -2.29. The van der Waals surface area contributed by atoms with E-state index in [0.717, 1.165) is 5.56 Å². The molecule has 1 aliphatic rings. The van der Waals surface area contributed by atoms with Crippen molar-refractivity contribution in [2.75, 3.05) is 13.2 Å². The molecule has 0 radical (unpaired) electrons. The fourth-order valence-corrected chi connectivity index (χ4v) is 1.89. The lowest BCUT2D eigenvalue weighted by Crippen LogP contribution is -2.39. The minimum Gasteiger partial charge on any atom is -0.440 e. The van der Waals surface area contributed by atoms with Crippen molar-refractivity contribution in [1.82, 2.24) is 0 Å². The molecular weight excluding hydrogens is 242 g/mol. The lowest BCUT2D eigenvalue weighted by molar-refractivity contribution is -0.154. The maximum atomic E-state index is 11.7. The van der Waals surface area contributed by atoms with Crippen LogP contribution >= 0.6 is 0 Å². The van der Waals surface area contributed by atoms with Gasteiger partial charge < -0.3 is 9.47 Å². The largest absolute Gasteiger partial charge is 0.440 e. The van der Waals surface area contributed by atoms with Gasteiger partial charge in [-0.25, -0.2) is 4.79 Å². The standard InChI is InChI=1S/C15H15NO3/c16-12-15(8-10-18-11-9-15)19-14(17)7-6-13-4-2-1-3-5-13/h1-7H,8-11H2/b7-6+. The van der Waals surface area contributed by atoms with Gasteiger partial charge in [-0.05, 0) is 11.6 Å². The van der Waals surface area contributed by atoms with Gasteiger partial charge in [0.2, 0.25) is 5.60 Å². The summed E-state index contributed by atoms with van der Waals surface area (Å²) in [5, 5.41) is 9.17. The lowest BCUT2D eigenvalue weighted by atomic mass is 9.96. The molecule has 0 amide bonds. The number of hydrogen-bond donors (Lipinski definition) is 0. The van der Waals surface area contributed by atoms with Crippen LogP contribution in [0.2, 0.25) is 0 Å². The molecule has 1 fully saturated rings. The van der Waals surface area contributed by atoms with Gasteiger partial charge in [0.25, 0.3) is 0 Å². The molecule has 1 aromatic rings. The van der Waals surface area contributed by atoms with E-state index in [1.807, 2.05) is 30.3 Å². The Morgan fingerprint density at radius 3 is 2.63 bits per heavy atom. The summed E-state index contributed by atoms with van der Waals surface area (Å²) in [5.74, 6) is -0.493. The van der Waals surface area contributed by atoms with E-state index in [4.69, 9.17) is 14.7 Å². The first-order valence-corrected chi connectivity index (χ1v) is 6.19. The SMILES string of the molecule is N#CC1(OC(=O)/C=C/c2ccccc2)CCOCC1. The summed E-state index contributed by atoms with van der Waals surface area (Å²) < 4.78 is 10.5. The number of hydrogen-bond acceptors (Lipinski definition) is 4. The Kier molecular flexibility index (Phi) is 4.32. The van der Waals surface area contributed by atoms with Crippen molar-refractivity contribution in [3.05, 3.63) is 42.0 Å². The molecule has 0 spiro atoms. The quantitative estimate of drug-likeness (QED) is 0.616. The van der Waals surface area contributed by atoms with Crippen LogP contribution < -0.4 is 0 Å². The Labute approximate surface area is 112 Å². The molecule has 0 bridgehead atoms. The van der Waals surface area contributed by atoms with Gasteiger partial charge in [0.05, 0.1) is 13.2 Å². The molecule has 4 heteroatoms. The second-order valence-electron chi connectivity index (χ2n) is 4.38. The van der Waals surface area contributed by atoms with Crippen molar-refractivity contribution in [3.63, 3.8) is 0 Å². The first-order chi connectivity index (χ1) is 9.24. The van der Waals surface area contributed by atoms with Crippen LogP contribution in [0, 0.1) is 11.3 Å². The van der Waals surface area contributed by atoms with E-state index in [0.29, 0.717) is 26.1 Å². The number of rotatable bonds is 3. The van der Waals surface area contributed by atoms with Gasteiger partial charge in [0, 0.05) is 18.9 Å². The number of esters is 1. The minimum atomic E-state index is -1.03. The zero-order chi connectivity index (χ0) is 13.6. The van der Waals surface area contributed by atoms with E-state index in [9.17, 15) is 4.79 Å². The molecular formula is C15H15NO3. The van der Waals surface area contributed by atoms with Crippen LogP contribution in [-0.4, -0.2) is 24.8 Å². The Balaban J connectivity index is 1.97. The van der Waals surface area contributed by atoms with E-state index in [1.54, 1.807) is 6.08 Å². The van der Waals surface area contributed by atoms with E-state index in [2.05, 4.69) is 6.07 Å². The monoisotopic (exact) mass is 257 g/mol. The van der Waals surface area contributed by atoms with E-state index in [1.165, 1.54) is 6.08 Å². The van der Waals surface area contributed by atoms with Gasteiger partial charge in [-0.2, -0.15) is 5.26 Å². The molecule has 4 nitrogen and oxygen atoms in total. The van der Waals surface area contributed by atoms with Crippen molar-refractivity contribution in [2.45, 2.75) is 18.4 Å². The third kappa shape index (κ3) is 3.67. The summed E-state index contributed by atoms with van der Waals surface area (Å²) in [4.78, 5) is 11.7. The summed E-state index contributed by atoms with van der Waals surface area (Å²) in [6, 6.07) is 11.5. The summed E-state index contributed by atoms with van der Waals surface area (Å²) in [6.07, 6.45) is 3.87. The van der Waals surface area contributed by atoms with Crippen LogP contribution in [0.4, 0.5) is 0 Å². The molecule has 0 N–H and O–H groups in total. The van der Waals surface area contributed by atoms with Crippen LogP contribution in [0.25, 0.3) is 6.08 Å². The zero-order valence-corrected chi connectivity index (χ0v) is 10.5. The Bertz CT molecular complexity index is 496. The van der Waals surface area contributed by atoms with Crippen molar-refractivity contribution in [1.29, 1.82) is 5.26 Å². The molecule has 0 atom stereocenters. The summed E-state index contributed by atoms with van der Waals surface area (Å²) >= 11 is 0. The van der Waals surface area contributed by atoms with Crippen LogP contribution in [0.1, 0.15) is 18.4 Å². The van der Waals surface area contributed by atoms with Gasteiger partial charge >= 0.3 is 5.97 Å². The van der Waals surface area contributed by atoms with Crippen LogP contribution in [-0.2, 0) is 14.3 Å². The summed E-state index contributed by atoms with van der Waals surface area (Å²) in [5.41, 5.74) is -0.117. The van der Waals surface area contributed by atoms with E-state index in [-0.39, 0.29) is 0 Å². The average molecular weight is 257 g/mol. The topological polar surface area (TPSA) is 59.3 Å². The van der Waals surface area contributed by atoms with Gasteiger partial charge in [0.1, 0.15) is 6.07 Å². The van der Waals surface area contributed by atoms with Crippen molar-refractivity contribution in [2.24, 2.45) is 0 Å². The zero-order valence-electron chi connectivity index (χ0n) is 10.5. The molecule has 2 rings (SSSR count). The van der Waals surface area contributed by atoms with E-state index < -0.39 is 11.6 Å². The van der Waals surface area contributed by atoms with Gasteiger partial charge in [-0.3, -0.25) is 0 Å². The highest BCUT2D eigenvalue weighted by molar-refractivity contribution is 5.87. The fourth-order valence-electron chi connectivity index (χ4n) is 1.89. The second-order valence-corrected chi connectivity index (χ2v) is 4.38. The third-order valence-corrected chi connectivity index (χ3v) is 3.01. The Hall–Kier alpha value is -2.12. The molecule has 1 saturated heterocycles. The predicted octanol–water partition coefficient (Wildman–Crippen LogP) is 2.32. The average Bonchev–Trinajstić information content (AvgIpc) is 2.47. The first-order valence-electron chi connectivity index (χ1n) is 6.19. The first kappa shape index (κ1) is 13.3. The molecule has 1 aliphatic heterocycles. The highest BCUT2D eigenvalue weighted by Gasteiger charge is 2.36. The van der Waals surface area contributed by atoms with Gasteiger partial charge in [-0.15, -0.1) is 0 Å². The van der Waals surface area contributed by atoms with Crippen LogP contribution in [0.3, 0.4) is 0 Å². The molecule has 19 heavy (non-hydrogen) atoms. The fraction of sp³-hybridized carbons (Fsp3) is 0.333. The molecule has 0 saturated carbocycles. The Morgan fingerprint density at radius 1 is 1.32 bits per heavy atom. The minimum absolute atomic E-state index is 0.425. The summed E-state index contributed by atoms with van der Waals surface area (Å²) in [6.45, 7) is 0.895. The number of nitrogens with zero attached hydrogens (tertiary/aromatic N) is 1. The van der Waals surface area contributed by atoms with Crippen molar-refractivity contribution < 1.29 is 14.3 Å². The number of carbonyl (C=O) groups is 1. The molecule has 1 aromatic carbocycles. The molecule has 0 unspecified atom stereocenters. The van der Waals surface area contributed by atoms with Crippen LogP contribution in [0.5, 0.6) is 0 Å². The summed E-state index contributed by atoms with van der Waals surface area (Å²) in [7, 11) is 0. The normalized spacial score (nSPS) is 17.8. The molecule has 0 aliphatic carbocycles. The third-order valence-electron chi connectivity index (χ3n) is 3.01. The molecule has 1 heterocycles. The van der Waals surface area contributed by atoms with E-state index >= 15 is 0 Å². The van der Waals surface area contributed by atoms with Gasteiger partial charge in [0.15, 0.2) is 0 Å². The van der Waals surface area contributed by atoms with Crippen LogP contribution in [0.15, 0.2) is 36.4 Å². The molecule has 0 aromatic heterocycles. The predicted molar refractivity (Wildman–Crippen MR) is 70.0 cm³/mol. The number of nitriles is 1. The van der Waals surface area contributed by atoms with Crippen molar-refractivity contribution >= 4 is 12.0 Å². The highest BCUT2D eigenvalue weighted by atomic mass is 16.6. The number of carbonyl (C=O) groups excluding carboxylic acids is 1. The van der Waals surface area contributed by atoms with Gasteiger partial charge in [-0.1, -0.05) is 30.3 Å². The smallest absolute Gasteiger partial charge is 0.332 e. The molecule has 98 valence electrons. The number of ether oxygens (including phenoxy) is 2. The maximum Gasteiger partial charge on any atom is 0.332 e. The second kappa shape index (κ2) is 6.17.